The van der Waals surface area contributed by atoms with Gasteiger partial charge in [-0.05, 0) is 6.42 Å². The van der Waals surface area contributed by atoms with Gasteiger partial charge in [-0.2, -0.15) is 0 Å². The molecule has 0 aromatic carbocycles. The van der Waals surface area contributed by atoms with Crippen molar-refractivity contribution in [2.24, 2.45) is 0 Å². The van der Waals surface area contributed by atoms with E-state index in [1.165, 1.54) is 44.7 Å². The second-order valence-corrected chi connectivity index (χ2v) is 9.53. The Morgan fingerprint density at radius 3 is 2.33 bits per heavy atom. The van der Waals surface area contributed by atoms with Crippen molar-refractivity contribution in [2.45, 2.75) is 96.0 Å². The van der Waals surface area contributed by atoms with E-state index in [-0.39, 0.29) is 42.6 Å². The van der Waals surface area contributed by atoms with Crippen LogP contribution in [0.4, 0.5) is 0 Å². The van der Waals surface area contributed by atoms with Crippen molar-refractivity contribution in [3.05, 3.63) is 33.1 Å². The number of unbranched alkanes of at least 4 members (excludes halogenated alkanes) is 9. The summed E-state index contributed by atoms with van der Waals surface area (Å²) in [6.07, 6.45) is 9.71. The summed E-state index contributed by atoms with van der Waals surface area (Å²) in [7, 11) is -4.59. The molecular weight excluding hydrogens is 462 g/mol. The van der Waals surface area contributed by atoms with Gasteiger partial charge in [0, 0.05) is 18.7 Å². The van der Waals surface area contributed by atoms with Crippen molar-refractivity contribution in [2.75, 3.05) is 13.2 Å². The van der Waals surface area contributed by atoms with Crippen LogP contribution in [0.15, 0.2) is 21.9 Å². The number of nitrogens with one attached hydrogen (secondary N) is 1. The van der Waals surface area contributed by atoms with Crippen LogP contribution >= 0.6 is 7.82 Å². The molecule has 0 bridgehead atoms. The number of phosphoric acid groups is 1. The van der Waals surface area contributed by atoms with Gasteiger partial charge in [0.25, 0.3) is 13.4 Å². The van der Waals surface area contributed by atoms with E-state index in [2.05, 4.69) is 11.9 Å². The predicted molar refractivity (Wildman–Crippen MR) is 117 cm³/mol. The summed E-state index contributed by atoms with van der Waals surface area (Å²) >= 11 is 0. The summed E-state index contributed by atoms with van der Waals surface area (Å²) in [5.41, 5.74) is -1.25. The monoisotopic (exact) mass is 498 g/mol. The van der Waals surface area contributed by atoms with Crippen molar-refractivity contribution in [3.63, 3.8) is 0 Å². The molecule has 0 radical (unpaired) electrons. The third-order valence-electron chi connectivity index (χ3n) is 5.53. The van der Waals surface area contributed by atoms with Crippen LogP contribution in [-0.2, 0) is 18.3 Å². The Bertz CT molecular complexity index is 833. The van der Waals surface area contributed by atoms with Gasteiger partial charge in [-0.3, -0.25) is 18.9 Å². The summed E-state index contributed by atoms with van der Waals surface area (Å²) in [5, 5.41) is 9.51. The number of phosphoric ester groups is 1. The van der Waals surface area contributed by atoms with E-state index in [4.69, 9.17) is 13.8 Å². The minimum absolute atomic E-state index is 0. The van der Waals surface area contributed by atoms with Gasteiger partial charge in [-0.15, -0.1) is 0 Å². The quantitative estimate of drug-likeness (QED) is 0.178. The maximum Gasteiger partial charge on any atom is 1.00 e. The van der Waals surface area contributed by atoms with Gasteiger partial charge in [0.1, 0.15) is 12.3 Å². The zero-order valence-corrected chi connectivity index (χ0v) is 22.7. The molecule has 0 saturated carbocycles. The number of ether oxygens (including phenoxy) is 1. The van der Waals surface area contributed by atoms with E-state index in [0.717, 1.165) is 29.9 Å². The van der Waals surface area contributed by atoms with E-state index in [9.17, 15) is 24.2 Å². The molecule has 1 aliphatic heterocycles. The summed E-state index contributed by atoms with van der Waals surface area (Å²) in [4.78, 5) is 37.4. The van der Waals surface area contributed by atoms with Gasteiger partial charge < -0.3 is 23.8 Å². The van der Waals surface area contributed by atoms with Gasteiger partial charge in [0.2, 0.25) is 0 Å². The Morgan fingerprint density at radius 1 is 1.15 bits per heavy atom. The first-order valence-electron chi connectivity index (χ1n) is 11.6. The molecule has 1 saturated heterocycles. The van der Waals surface area contributed by atoms with Crippen LogP contribution in [0.3, 0.4) is 0 Å². The minimum Gasteiger partial charge on any atom is -0.756 e. The van der Waals surface area contributed by atoms with Crippen molar-refractivity contribution in [1.29, 1.82) is 0 Å². The number of H-pyrrole nitrogens is 1. The number of aromatic amines is 1. The molecule has 1 fully saturated rings. The number of aliphatic hydroxyl groups is 1. The van der Waals surface area contributed by atoms with Gasteiger partial charge >= 0.3 is 35.2 Å². The number of hydrogen-bond donors (Lipinski definition) is 2. The molecule has 4 unspecified atom stereocenters. The first kappa shape index (κ1) is 30.7. The molecule has 1 aromatic heterocycles. The third kappa shape index (κ3) is 11.3. The van der Waals surface area contributed by atoms with Crippen molar-refractivity contribution >= 4 is 7.82 Å². The summed E-state index contributed by atoms with van der Waals surface area (Å²) < 4.78 is 28.9. The van der Waals surface area contributed by atoms with Crippen LogP contribution in [0.2, 0.25) is 0 Å². The van der Waals surface area contributed by atoms with E-state index in [1.807, 2.05) is 0 Å². The second-order valence-electron chi connectivity index (χ2n) is 8.17. The van der Waals surface area contributed by atoms with E-state index in [1.54, 1.807) is 0 Å². The molecule has 2 heterocycles. The fraction of sp³-hybridized carbons (Fsp3) is 0.810. The zero-order valence-electron chi connectivity index (χ0n) is 19.8. The number of rotatable bonds is 16. The van der Waals surface area contributed by atoms with Crippen LogP contribution in [0, 0.1) is 0 Å². The Balaban J connectivity index is 0.00000544. The molecule has 1 aromatic rings. The molecule has 12 heteroatoms. The van der Waals surface area contributed by atoms with Gasteiger partial charge in [0.15, 0.2) is 0 Å². The molecular formula is C21H36N2NaO8P. The molecule has 2 N–H and O–H groups in total. The molecule has 0 spiro atoms. The molecule has 2 rings (SSSR count). The maximum absolute atomic E-state index is 12.2. The van der Waals surface area contributed by atoms with Gasteiger partial charge in [-0.1, -0.05) is 64.7 Å². The van der Waals surface area contributed by atoms with Gasteiger partial charge in [-0.25, -0.2) is 4.79 Å². The Labute approximate surface area is 216 Å². The molecule has 0 amide bonds. The molecule has 33 heavy (non-hydrogen) atoms. The fourth-order valence-corrected chi connectivity index (χ4v) is 4.73. The average Bonchev–Trinajstić information content (AvgIpc) is 3.13. The minimum atomic E-state index is -4.59. The largest absolute Gasteiger partial charge is 1.00 e. The van der Waals surface area contributed by atoms with Crippen molar-refractivity contribution in [3.8, 4) is 0 Å². The average molecular weight is 498 g/mol. The zero-order chi connectivity index (χ0) is 23.4. The number of aliphatic hydroxyl groups excluding tert-OH is 1. The molecule has 1 aliphatic rings. The number of nitrogens with zero attached hydrogens (tertiary/aromatic N) is 1. The summed E-state index contributed by atoms with van der Waals surface area (Å²) in [5.74, 6) is 0. The number of aromatic nitrogens is 2. The summed E-state index contributed by atoms with van der Waals surface area (Å²) in [6, 6.07) is 1.15. The normalized spacial score (nSPS) is 22.1. The van der Waals surface area contributed by atoms with Crippen LogP contribution in [0.1, 0.15) is 83.8 Å². The van der Waals surface area contributed by atoms with E-state index in [0.29, 0.717) is 6.42 Å². The van der Waals surface area contributed by atoms with Crippen LogP contribution in [0.5, 0.6) is 0 Å². The summed E-state index contributed by atoms with van der Waals surface area (Å²) in [6.45, 7) is 1.75. The van der Waals surface area contributed by atoms with Crippen LogP contribution in [-0.4, -0.2) is 40.1 Å². The molecule has 10 nitrogen and oxygen atoms in total. The van der Waals surface area contributed by atoms with Gasteiger partial charge in [0.05, 0.1) is 19.3 Å². The molecule has 184 valence electrons. The molecule has 4 atom stereocenters. The van der Waals surface area contributed by atoms with Crippen molar-refractivity contribution < 1.29 is 57.9 Å². The standard InChI is InChI=1S/C21H37N2O8P.Na/c1-2-3-4-5-6-7-8-9-10-11-14-29-32(27,28)31-17-15-20(30-18(17)16-24)23-13-12-19(25)22-21(23)26;/h12-13,17-18,20,24H,2-11,14-16H2,1H3,(H,27,28)(H,22,25,26);/q;+1/p-1. The predicted octanol–water partition coefficient (Wildman–Crippen LogP) is -0.388. The first-order chi connectivity index (χ1) is 15.4. The molecule has 0 aliphatic carbocycles. The Kier molecular flexibility index (Phi) is 15.3. The third-order valence-corrected chi connectivity index (χ3v) is 6.56. The smallest absolute Gasteiger partial charge is 0.756 e. The van der Waals surface area contributed by atoms with Crippen molar-refractivity contribution in [1.82, 2.24) is 9.55 Å². The van der Waals surface area contributed by atoms with Crippen LogP contribution < -0.4 is 45.7 Å². The second kappa shape index (κ2) is 16.4. The van der Waals surface area contributed by atoms with E-state index < -0.39 is 44.1 Å². The topological polar surface area (TPSA) is 143 Å². The fourth-order valence-electron chi connectivity index (χ4n) is 3.76. The SMILES string of the molecule is CCCCCCCCCCCCOP(=O)([O-])OC1CC(n2ccc(=O)[nH]c2=O)OC1CO.[Na+]. The van der Waals surface area contributed by atoms with E-state index >= 15 is 0 Å². The maximum atomic E-state index is 12.2. The Hall–Kier alpha value is -0.290. The first-order valence-corrected chi connectivity index (χ1v) is 13.0. The number of hydrogen-bond acceptors (Lipinski definition) is 8. The van der Waals surface area contributed by atoms with Crippen LogP contribution in [0.25, 0.3) is 0 Å². The Morgan fingerprint density at radius 2 is 1.76 bits per heavy atom.